The number of benzene rings is 2. The number of rotatable bonds is 7. The highest BCUT2D eigenvalue weighted by Crippen LogP contribution is 2.63. The van der Waals surface area contributed by atoms with Crippen LogP contribution in [0.25, 0.3) is 0 Å². The van der Waals surface area contributed by atoms with Crippen molar-refractivity contribution in [3.63, 3.8) is 0 Å². The maximum atomic E-state index is 12.9. The van der Waals surface area contributed by atoms with Crippen LogP contribution in [0.5, 0.6) is 0 Å². The molecule has 1 aromatic heterocycles. The van der Waals surface area contributed by atoms with Gasteiger partial charge in [-0.15, -0.1) is 0 Å². The molecule has 33 heavy (non-hydrogen) atoms. The number of carbonyl (C=O) groups is 1. The first-order valence-corrected chi connectivity index (χ1v) is 13.3. The minimum atomic E-state index is 0.0290. The molecule has 5 atom stereocenters. The topological polar surface area (TPSA) is 54.3 Å². The molecule has 1 amide bonds. The van der Waals surface area contributed by atoms with Crippen LogP contribution in [-0.4, -0.2) is 18.2 Å². The molecule has 0 radical (unpaired) electrons. The molecular formula is C28H30N2O2S. The number of thioether (sulfide) groups is 1. The standard InChI is InChI=1S/C28H30N2O2S/c31-28(29-12-14-33-17-22-7-4-13-32-22)21-10-11-24-23(16-21)25-19-8-9-20(15-19)26(25)27(30-24)18-5-2-1-3-6-18/h1-7,10-11,13,16,19-20,25-27,30H,8-9,12,14-15,17H2,(H,29,31)/t19-,20-,25-,26+,27+/m0/s1. The summed E-state index contributed by atoms with van der Waals surface area (Å²) in [5.41, 5.74) is 4.74. The highest BCUT2D eigenvalue weighted by Gasteiger charge is 2.53. The van der Waals surface area contributed by atoms with E-state index in [9.17, 15) is 4.79 Å². The molecule has 4 nitrogen and oxygen atoms in total. The van der Waals surface area contributed by atoms with Gasteiger partial charge in [0.05, 0.1) is 18.1 Å². The average molecular weight is 459 g/mol. The Bertz CT molecular complexity index is 1110. The second-order valence-electron chi connectivity index (χ2n) is 9.66. The highest BCUT2D eigenvalue weighted by atomic mass is 32.2. The Labute approximate surface area is 199 Å². The quantitative estimate of drug-likeness (QED) is 0.412. The molecule has 2 aromatic carbocycles. The van der Waals surface area contributed by atoms with Crippen molar-refractivity contribution in [2.24, 2.45) is 17.8 Å². The van der Waals surface area contributed by atoms with Crippen molar-refractivity contribution in [3.05, 3.63) is 89.4 Å². The summed E-state index contributed by atoms with van der Waals surface area (Å²) in [6.07, 6.45) is 5.71. The van der Waals surface area contributed by atoms with Gasteiger partial charge in [0, 0.05) is 23.5 Å². The van der Waals surface area contributed by atoms with Crippen molar-refractivity contribution in [1.82, 2.24) is 5.32 Å². The van der Waals surface area contributed by atoms with Gasteiger partial charge in [-0.25, -0.2) is 0 Å². The molecule has 0 saturated heterocycles. The summed E-state index contributed by atoms with van der Waals surface area (Å²) < 4.78 is 5.36. The molecule has 1 aliphatic heterocycles. The molecule has 0 spiro atoms. The second kappa shape index (κ2) is 8.94. The van der Waals surface area contributed by atoms with Gasteiger partial charge in [0.2, 0.25) is 0 Å². The lowest BCUT2D eigenvalue weighted by atomic mass is 9.68. The molecule has 2 aliphatic carbocycles. The molecule has 170 valence electrons. The number of fused-ring (bicyclic) bond motifs is 7. The number of hydrogen-bond acceptors (Lipinski definition) is 4. The van der Waals surface area contributed by atoms with E-state index < -0.39 is 0 Å². The smallest absolute Gasteiger partial charge is 0.251 e. The Morgan fingerprint density at radius 3 is 2.79 bits per heavy atom. The van der Waals surface area contributed by atoms with E-state index in [0.29, 0.717) is 24.4 Å². The van der Waals surface area contributed by atoms with Gasteiger partial charge in [-0.2, -0.15) is 11.8 Å². The Hall–Kier alpha value is -2.66. The van der Waals surface area contributed by atoms with Crippen molar-refractivity contribution in [3.8, 4) is 0 Å². The number of carbonyl (C=O) groups excluding carboxylic acids is 1. The molecule has 2 bridgehead atoms. The Morgan fingerprint density at radius 1 is 1.06 bits per heavy atom. The molecule has 2 N–H and O–H groups in total. The third-order valence-corrected chi connectivity index (χ3v) is 8.85. The summed E-state index contributed by atoms with van der Waals surface area (Å²) in [6, 6.07) is 21.5. The van der Waals surface area contributed by atoms with Crippen LogP contribution in [0.4, 0.5) is 5.69 Å². The molecule has 0 unspecified atom stereocenters. The maximum Gasteiger partial charge on any atom is 0.251 e. The molecule has 2 saturated carbocycles. The Kier molecular flexibility index (Phi) is 5.67. The zero-order valence-electron chi connectivity index (χ0n) is 18.7. The zero-order chi connectivity index (χ0) is 22.2. The molecule has 2 fully saturated rings. The molecule has 2 heterocycles. The first-order valence-electron chi connectivity index (χ1n) is 12.1. The van der Waals surface area contributed by atoms with Crippen molar-refractivity contribution in [2.45, 2.75) is 37.0 Å². The second-order valence-corrected chi connectivity index (χ2v) is 10.8. The van der Waals surface area contributed by atoms with Crippen LogP contribution in [-0.2, 0) is 5.75 Å². The summed E-state index contributed by atoms with van der Waals surface area (Å²) in [5.74, 6) is 5.42. The normalized spacial score (nSPS) is 27.0. The van der Waals surface area contributed by atoms with Crippen LogP contribution in [0.2, 0.25) is 0 Å². The van der Waals surface area contributed by atoms with E-state index in [-0.39, 0.29) is 5.91 Å². The van der Waals surface area contributed by atoms with Gasteiger partial charge >= 0.3 is 0 Å². The third-order valence-electron chi connectivity index (χ3n) is 7.86. The Balaban J connectivity index is 1.17. The van der Waals surface area contributed by atoms with Crippen LogP contribution < -0.4 is 10.6 Å². The summed E-state index contributed by atoms with van der Waals surface area (Å²) in [4.78, 5) is 12.9. The lowest BCUT2D eigenvalue weighted by Crippen LogP contribution is -2.35. The zero-order valence-corrected chi connectivity index (χ0v) is 19.5. The third kappa shape index (κ3) is 3.97. The van der Waals surface area contributed by atoms with E-state index in [1.807, 2.05) is 18.2 Å². The van der Waals surface area contributed by atoms with E-state index >= 15 is 0 Å². The van der Waals surface area contributed by atoms with E-state index in [2.05, 4.69) is 53.1 Å². The SMILES string of the molecule is O=C(NCCSCc1ccco1)c1ccc2c(c1)[C@@H]1[C@H]3CC[C@@H](C3)[C@H]1[C@@H](c1ccccc1)N2. The number of anilines is 1. The van der Waals surface area contributed by atoms with Crippen LogP contribution in [0.1, 0.15) is 58.5 Å². The van der Waals surface area contributed by atoms with Gasteiger partial charge in [0.15, 0.2) is 0 Å². The first-order chi connectivity index (χ1) is 16.3. The number of amides is 1. The largest absolute Gasteiger partial charge is 0.468 e. The van der Waals surface area contributed by atoms with Crippen LogP contribution in [0, 0.1) is 17.8 Å². The lowest BCUT2D eigenvalue weighted by molar-refractivity contribution is 0.0956. The number of furan rings is 1. The average Bonchev–Trinajstić information content (AvgIpc) is 3.62. The minimum Gasteiger partial charge on any atom is -0.468 e. The highest BCUT2D eigenvalue weighted by molar-refractivity contribution is 7.98. The first kappa shape index (κ1) is 20.9. The fraction of sp³-hybridized carbons (Fsp3) is 0.393. The van der Waals surface area contributed by atoms with Crippen molar-refractivity contribution in [1.29, 1.82) is 0 Å². The van der Waals surface area contributed by atoms with Crippen molar-refractivity contribution < 1.29 is 9.21 Å². The van der Waals surface area contributed by atoms with E-state index in [4.69, 9.17) is 4.42 Å². The van der Waals surface area contributed by atoms with E-state index in [1.165, 1.54) is 36.1 Å². The van der Waals surface area contributed by atoms with Crippen LogP contribution in [0.15, 0.2) is 71.3 Å². The van der Waals surface area contributed by atoms with Crippen LogP contribution in [0.3, 0.4) is 0 Å². The molecule has 3 aliphatic rings. The molecule has 5 heteroatoms. The number of hydrogen-bond donors (Lipinski definition) is 2. The van der Waals surface area contributed by atoms with Gasteiger partial charge < -0.3 is 15.1 Å². The van der Waals surface area contributed by atoms with Gasteiger partial charge in [0.1, 0.15) is 5.76 Å². The summed E-state index contributed by atoms with van der Waals surface area (Å²) in [6.45, 7) is 0.659. The van der Waals surface area contributed by atoms with Gasteiger partial charge in [0.25, 0.3) is 5.91 Å². The van der Waals surface area contributed by atoms with E-state index in [1.54, 1.807) is 18.0 Å². The maximum absolute atomic E-state index is 12.9. The van der Waals surface area contributed by atoms with E-state index in [0.717, 1.165) is 34.7 Å². The fourth-order valence-corrected chi connectivity index (χ4v) is 7.28. The van der Waals surface area contributed by atoms with Gasteiger partial charge in [-0.3, -0.25) is 4.79 Å². The molecule has 6 rings (SSSR count). The summed E-state index contributed by atoms with van der Waals surface area (Å²) in [7, 11) is 0. The van der Waals surface area contributed by atoms with Gasteiger partial charge in [-0.05, 0) is 84.4 Å². The summed E-state index contributed by atoms with van der Waals surface area (Å²) >= 11 is 1.77. The minimum absolute atomic E-state index is 0.0290. The lowest BCUT2D eigenvalue weighted by Gasteiger charge is -2.43. The molecule has 3 aromatic rings. The molecular weight excluding hydrogens is 428 g/mol. The predicted molar refractivity (Wildman–Crippen MR) is 134 cm³/mol. The van der Waals surface area contributed by atoms with Gasteiger partial charge in [-0.1, -0.05) is 30.3 Å². The number of nitrogens with one attached hydrogen (secondary N) is 2. The predicted octanol–water partition coefficient (Wildman–Crippen LogP) is 6.24. The summed E-state index contributed by atoms with van der Waals surface area (Å²) in [5, 5.41) is 6.97. The van der Waals surface area contributed by atoms with Crippen LogP contribution >= 0.6 is 11.8 Å². The fourth-order valence-electron chi connectivity index (χ4n) is 6.52. The Morgan fingerprint density at radius 2 is 1.94 bits per heavy atom. The van der Waals surface area contributed by atoms with Crippen molar-refractivity contribution >= 4 is 23.4 Å². The van der Waals surface area contributed by atoms with Crippen molar-refractivity contribution in [2.75, 3.05) is 17.6 Å². The monoisotopic (exact) mass is 458 g/mol.